The van der Waals surface area contributed by atoms with Crippen LogP contribution in [0.25, 0.3) is 0 Å². The van der Waals surface area contributed by atoms with Crippen LogP contribution in [0.1, 0.15) is 15.2 Å². The zero-order valence-corrected chi connectivity index (χ0v) is 14.9. The molecule has 0 atom stereocenters. The highest BCUT2D eigenvalue weighted by Crippen LogP contribution is 2.19. The number of rotatable bonds is 8. The smallest absolute Gasteiger partial charge is 0.341 e. The Morgan fingerprint density at radius 2 is 1.92 bits per heavy atom. The number of nitrogens with one attached hydrogen (secondary N) is 1. The normalized spacial score (nSPS) is 11.6. The number of hydrogen-bond donors (Lipinski definition) is 1. The van der Waals surface area contributed by atoms with E-state index in [9.17, 15) is 22.0 Å². The SMILES string of the molecule is O=C(NCCSCc1cccs1)c1ccc(S(=O)(=O)C(F)F)cc1. The first kappa shape index (κ1) is 18.9. The Kier molecular flexibility index (Phi) is 6.76. The minimum Gasteiger partial charge on any atom is -0.351 e. The summed E-state index contributed by atoms with van der Waals surface area (Å²) < 4.78 is 47.5. The Bertz CT molecular complexity index is 760. The molecule has 0 unspecified atom stereocenters. The van der Waals surface area contributed by atoms with E-state index < -0.39 is 20.5 Å². The van der Waals surface area contributed by atoms with Crippen LogP contribution in [0.5, 0.6) is 0 Å². The van der Waals surface area contributed by atoms with Crippen molar-refractivity contribution in [3.63, 3.8) is 0 Å². The maximum absolute atomic E-state index is 12.4. The fraction of sp³-hybridized carbons (Fsp3) is 0.267. The molecule has 0 spiro atoms. The van der Waals surface area contributed by atoms with Gasteiger partial charge >= 0.3 is 5.76 Å². The van der Waals surface area contributed by atoms with Gasteiger partial charge in [-0.15, -0.1) is 11.3 Å². The summed E-state index contributed by atoms with van der Waals surface area (Å²) in [6.07, 6.45) is 0. The van der Waals surface area contributed by atoms with E-state index in [1.54, 1.807) is 23.1 Å². The first-order valence-electron chi connectivity index (χ1n) is 6.91. The third-order valence-electron chi connectivity index (χ3n) is 3.04. The molecule has 1 N–H and O–H groups in total. The molecule has 0 aliphatic heterocycles. The summed E-state index contributed by atoms with van der Waals surface area (Å²) in [6, 6.07) is 8.52. The fourth-order valence-electron chi connectivity index (χ4n) is 1.81. The van der Waals surface area contributed by atoms with Gasteiger partial charge in [-0.25, -0.2) is 8.42 Å². The molecular formula is C15H15F2NO3S3. The number of thioether (sulfide) groups is 1. The zero-order valence-electron chi connectivity index (χ0n) is 12.4. The Hall–Kier alpha value is -1.45. The average molecular weight is 391 g/mol. The van der Waals surface area contributed by atoms with Crippen LogP contribution in [-0.4, -0.2) is 32.4 Å². The van der Waals surface area contributed by atoms with Crippen molar-refractivity contribution in [2.75, 3.05) is 12.3 Å². The highest BCUT2D eigenvalue weighted by Gasteiger charge is 2.26. The summed E-state index contributed by atoms with van der Waals surface area (Å²) in [6.45, 7) is 0.464. The zero-order chi connectivity index (χ0) is 17.6. The second-order valence-corrected chi connectivity index (χ2v) is 8.77. The highest BCUT2D eigenvalue weighted by atomic mass is 32.2. The number of benzene rings is 1. The van der Waals surface area contributed by atoms with Crippen molar-refractivity contribution in [3.8, 4) is 0 Å². The molecule has 0 bridgehead atoms. The third kappa shape index (κ3) is 5.02. The topological polar surface area (TPSA) is 63.2 Å². The molecule has 1 aromatic carbocycles. The van der Waals surface area contributed by atoms with Gasteiger partial charge < -0.3 is 5.32 Å². The molecule has 0 saturated carbocycles. The molecule has 0 saturated heterocycles. The van der Waals surface area contributed by atoms with Crippen molar-refractivity contribution < 1.29 is 22.0 Å². The second kappa shape index (κ2) is 8.59. The van der Waals surface area contributed by atoms with Crippen LogP contribution in [-0.2, 0) is 15.6 Å². The molecule has 1 heterocycles. The van der Waals surface area contributed by atoms with E-state index >= 15 is 0 Å². The van der Waals surface area contributed by atoms with Gasteiger partial charge in [0.1, 0.15) is 0 Å². The molecule has 1 aromatic heterocycles. The standard InChI is InChI=1S/C15H15F2NO3S3/c16-15(17)24(20,21)13-5-3-11(4-6-13)14(19)18-7-9-22-10-12-2-1-8-23-12/h1-6,8,15H,7,9-10H2,(H,18,19). The minimum absolute atomic E-state index is 0.228. The lowest BCUT2D eigenvalue weighted by atomic mass is 10.2. The van der Waals surface area contributed by atoms with Crippen LogP contribution in [0.4, 0.5) is 8.78 Å². The molecule has 1 amide bonds. The predicted molar refractivity (Wildman–Crippen MR) is 92.4 cm³/mol. The van der Waals surface area contributed by atoms with Crippen molar-refractivity contribution in [3.05, 3.63) is 52.2 Å². The lowest BCUT2D eigenvalue weighted by Gasteiger charge is -2.06. The number of alkyl halides is 2. The Labute approximate surface area is 147 Å². The van der Waals surface area contributed by atoms with Crippen molar-refractivity contribution in [1.29, 1.82) is 0 Å². The van der Waals surface area contributed by atoms with Gasteiger partial charge in [-0.05, 0) is 35.7 Å². The number of hydrogen-bond acceptors (Lipinski definition) is 5. The van der Waals surface area contributed by atoms with E-state index in [0.717, 1.165) is 23.6 Å². The molecule has 9 heteroatoms. The maximum atomic E-state index is 12.4. The lowest BCUT2D eigenvalue weighted by molar-refractivity contribution is 0.0956. The van der Waals surface area contributed by atoms with Gasteiger partial charge in [-0.3, -0.25) is 4.79 Å². The molecule has 2 aromatic rings. The Morgan fingerprint density at radius 3 is 2.50 bits per heavy atom. The van der Waals surface area contributed by atoms with E-state index in [4.69, 9.17) is 0 Å². The van der Waals surface area contributed by atoms with Crippen LogP contribution < -0.4 is 5.32 Å². The van der Waals surface area contributed by atoms with Gasteiger partial charge in [0, 0.05) is 28.5 Å². The van der Waals surface area contributed by atoms with Crippen LogP contribution >= 0.6 is 23.1 Å². The van der Waals surface area contributed by atoms with Crippen molar-refractivity contribution in [2.24, 2.45) is 0 Å². The summed E-state index contributed by atoms with van der Waals surface area (Å²) >= 11 is 3.37. The van der Waals surface area contributed by atoms with E-state index in [1.807, 2.05) is 17.5 Å². The molecular weight excluding hydrogens is 376 g/mol. The van der Waals surface area contributed by atoms with Crippen molar-refractivity contribution in [1.82, 2.24) is 5.32 Å². The summed E-state index contributed by atoms with van der Waals surface area (Å²) in [4.78, 5) is 12.7. The monoisotopic (exact) mass is 391 g/mol. The van der Waals surface area contributed by atoms with E-state index in [0.29, 0.717) is 6.54 Å². The van der Waals surface area contributed by atoms with Crippen LogP contribution in [0, 0.1) is 0 Å². The molecule has 24 heavy (non-hydrogen) atoms. The van der Waals surface area contributed by atoms with E-state index in [2.05, 4.69) is 5.32 Å². The van der Waals surface area contributed by atoms with Crippen molar-refractivity contribution >= 4 is 38.8 Å². The number of amides is 1. The summed E-state index contributed by atoms with van der Waals surface area (Å²) in [5.41, 5.74) is 0.228. The van der Waals surface area contributed by atoms with Crippen LogP contribution in [0.3, 0.4) is 0 Å². The van der Waals surface area contributed by atoms with Crippen molar-refractivity contribution in [2.45, 2.75) is 16.4 Å². The number of carbonyl (C=O) groups excluding carboxylic acids is 1. The Morgan fingerprint density at radius 1 is 1.21 bits per heavy atom. The number of halogens is 2. The van der Waals surface area contributed by atoms with Gasteiger partial charge in [0.2, 0.25) is 9.84 Å². The van der Waals surface area contributed by atoms with E-state index in [-0.39, 0.29) is 11.5 Å². The first-order valence-corrected chi connectivity index (χ1v) is 10.5. The number of thiophene rings is 1. The molecule has 0 radical (unpaired) electrons. The lowest BCUT2D eigenvalue weighted by Crippen LogP contribution is -2.25. The maximum Gasteiger partial charge on any atom is 0.341 e. The van der Waals surface area contributed by atoms with Gasteiger partial charge in [0.05, 0.1) is 4.90 Å². The van der Waals surface area contributed by atoms with Gasteiger partial charge in [0.15, 0.2) is 0 Å². The van der Waals surface area contributed by atoms with Crippen LogP contribution in [0.2, 0.25) is 0 Å². The molecule has 0 aliphatic carbocycles. The minimum atomic E-state index is -4.63. The predicted octanol–water partition coefficient (Wildman–Crippen LogP) is 3.41. The number of carbonyl (C=O) groups is 1. The summed E-state index contributed by atoms with van der Waals surface area (Å²) in [7, 11) is -4.63. The molecule has 0 aliphatic rings. The largest absolute Gasteiger partial charge is 0.351 e. The first-order chi connectivity index (χ1) is 11.4. The molecule has 0 fully saturated rings. The average Bonchev–Trinajstić information content (AvgIpc) is 3.07. The highest BCUT2D eigenvalue weighted by molar-refractivity contribution is 7.98. The van der Waals surface area contributed by atoms with Gasteiger partial charge in [-0.2, -0.15) is 20.5 Å². The number of sulfone groups is 1. The molecule has 2 rings (SSSR count). The molecule has 4 nitrogen and oxygen atoms in total. The Balaban J connectivity index is 1.80. The van der Waals surface area contributed by atoms with Crippen LogP contribution in [0.15, 0.2) is 46.7 Å². The van der Waals surface area contributed by atoms with Gasteiger partial charge in [-0.1, -0.05) is 6.07 Å². The molecule has 130 valence electrons. The summed E-state index contributed by atoms with van der Waals surface area (Å²) in [5.74, 6) is -2.22. The second-order valence-electron chi connectivity index (χ2n) is 4.72. The fourth-order valence-corrected chi connectivity index (χ4v) is 4.23. The third-order valence-corrected chi connectivity index (χ3v) is 6.50. The van der Waals surface area contributed by atoms with Gasteiger partial charge in [0.25, 0.3) is 5.91 Å². The summed E-state index contributed by atoms with van der Waals surface area (Å²) in [5, 5.41) is 4.72. The quantitative estimate of drug-likeness (QED) is 0.701. The van der Waals surface area contributed by atoms with E-state index in [1.165, 1.54) is 17.0 Å².